The molecule has 3 unspecified atom stereocenters. The third kappa shape index (κ3) is 8.05. The van der Waals surface area contributed by atoms with Crippen molar-refractivity contribution >= 4 is 35.4 Å². The molecule has 2 bridgehead atoms. The molecule has 0 aromatic heterocycles. The number of rotatable bonds is 6. The van der Waals surface area contributed by atoms with Crippen molar-refractivity contribution in [2.75, 3.05) is 19.6 Å². The molecule has 0 saturated carbocycles. The molecule has 2 aliphatic heterocycles. The number of carbonyl (C=O) groups excluding carboxylic acids is 6. The van der Waals surface area contributed by atoms with Crippen LogP contribution in [0.4, 0.5) is 0 Å². The van der Waals surface area contributed by atoms with Crippen molar-refractivity contribution in [2.45, 2.75) is 64.8 Å². The number of nitrogens with one attached hydrogen (secondary N) is 6. The summed E-state index contributed by atoms with van der Waals surface area (Å²) < 4.78 is 0. The molecule has 6 amide bonds. The Labute approximate surface area is 204 Å². The van der Waals surface area contributed by atoms with Gasteiger partial charge in [0.25, 0.3) is 0 Å². The Morgan fingerprint density at radius 1 is 1.11 bits per heavy atom. The van der Waals surface area contributed by atoms with Crippen LogP contribution < -0.4 is 31.9 Å². The van der Waals surface area contributed by atoms with Crippen LogP contribution in [0.15, 0.2) is 12.3 Å². The lowest BCUT2D eigenvalue weighted by Crippen LogP contribution is -2.59. The number of fused-ring (bicyclic) bond motifs is 2. The second kappa shape index (κ2) is 11.8. The topological polar surface area (TPSA) is 178 Å². The quantitative estimate of drug-likeness (QED) is 0.220. The summed E-state index contributed by atoms with van der Waals surface area (Å²) in [6.07, 6.45) is 2.52. The Kier molecular flexibility index (Phi) is 9.34. The summed E-state index contributed by atoms with van der Waals surface area (Å²) in [4.78, 5) is 75.9. The highest BCUT2D eigenvalue weighted by molar-refractivity contribution is 5.96. The first-order valence-electron chi connectivity index (χ1n) is 11.5. The summed E-state index contributed by atoms with van der Waals surface area (Å²) in [5.41, 5.74) is -0.836. The lowest BCUT2D eigenvalue weighted by molar-refractivity contribution is -0.137. The molecule has 194 valence electrons. The second-order valence-corrected chi connectivity index (χ2v) is 9.52. The minimum absolute atomic E-state index is 0.0449. The van der Waals surface area contributed by atoms with E-state index in [4.69, 9.17) is 0 Å². The van der Waals surface area contributed by atoms with Crippen molar-refractivity contribution in [3.63, 3.8) is 0 Å². The summed E-state index contributed by atoms with van der Waals surface area (Å²) >= 11 is 0. The van der Waals surface area contributed by atoms with Crippen LogP contribution in [-0.4, -0.2) is 83.8 Å². The van der Waals surface area contributed by atoms with Crippen molar-refractivity contribution in [1.82, 2.24) is 36.8 Å². The number of hydrogen-bond acceptors (Lipinski definition) is 7. The molecule has 35 heavy (non-hydrogen) atoms. The summed E-state index contributed by atoms with van der Waals surface area (Å²) in [5, 5.41) is 15.8. The molecular formula is C22H35N7O6. The van der Waals surface area contributed by atoms with Crippen LogP contribution in [0.25, 0.3) is 0 Å². The van der Waals surface area contributed by atoms with Crippen LogP contribution in [0, 0.1) is 5.92 Å². The van der Waals surface area contributed by atoms with Crippen molar-refractivity contribution in [3.05, 3.63) is 12.3 Å². The molecule has 0 aromatic rings. The minimum atomic E-state index is -1.17. The number of nitrogens with zero attached hydrogens (tertiary/aromatic N) is 1. The van der Waals surface area contributed by atoms with E-state index < -0.39 is 47.4 Å². The first-order chi connectivity index (χ1) is 16.3. The Bertz CT molecular complexity index is 901. The molecule has 0 aliphatic carbocycles. The van der Waals surface area contributed by atoms with Gasteiger partial charge in [-0.15, -0.1) is 0 Å². The van der Waals surface area contributed by atoms with Gasteiger partial charge in [-0.3, -0.25) is 34.1 Å². The Morgan fingerprint density at radius 3 is 2.43 bits per heavy atom. The van der Waals surface area contributed by atoms with Crippen LogP contribution in [0.1, 0.15) is 41.0 Å². The summed E-state index contributed by atoms with van der Waals surface area (Å²) in [6, 6.07) is -2.88. The van der Waals surface area contributed by atoms with E-state index in [1.54, 1.807) is 13.8 Å². The largest absolute Gasteiger partial charge is 0.352 e. The SMILES string of the molecule is CC(=O)N/C=C/C(=O)NCC1NC(=O)C(CC(C)C)NC(=O)CN2C(=O)C(CNC1=O)NC2(C)C. The van der Waals surface area contributed by atoms with Crippen LogP contribution in [-0.2, 0) is 28.8 Å². The maximum Gasteiger partial charge on any atom is 0.245 e. The van der Waals surface area contributed by atoms with Crippen molar-refractivity contribution in [2.24, 2.45) is 5.92 Å². The Hall–Kier alpha value is -3.48. The molecule has 0 aromatic carbocycles. The van der Waals surface area contributed by atoms with Gasteiger partial charge in [0.2, 0.25) is 35.4 Å². The summed E-state index contributed by atoms with van der Waals surface area (Å²) in [6.45, 7) is 7.97. The van der Waals surface area contributed by atoms with Gasteiger partial charge in [-0.05, 0) is 26.2 Å². The highest BCUT2D eigenvalue weighted by atomic mass is 16.2. The molecule has 13 heteroatoms. The molecule has 3 atom stereocenters. The summed E-state index contributed by atoms with van der Waals surface area (Å²) in [5.74, 6) is -2.95. The third-order valence-corrected chi connectivity index (χ3v) is 5.54. The van der Waals surface area contributed by atoms with E-state index >= 15 is 0 Å². The van der Waals surface area contributed by atoms with E-state index in [9.17, 15) is 28.8 Å². The van der Waals surface area contributed by atoms with Gasteiger partial charge in [-0.1, -0.05) is 13.8 Å². The van der Waals surface area contributed by atoms with Crippen molar-refractivity contribution in [1.29, 1.82) is 0 Å². The van der Waals surface area contributed by atoms with Crippen LogP contribution >= 0.6 is 0 Å². The van der Waals surface area contributed by atoms with Crippen molar-refractivity contribution < 1.29 is 28.8 Å². The zero-order chi connectivity index (χ0) is 26.3. The zero-order valence-corrected chi connectivity index (χ0v) is 20.7. The van der Waals surface area contributed by atoms with E-state index in [2.05, 4.69) is 31.9 Å². The molecule has 2 saturated heterocycles. The zero-order valence-electron chi connectivity index (χ0n) is 20.7. The van der Waals surface area contributed by atoms with Gasteiger partial charge in [0.1, 0.15) is 24.7 Å². The van der Waals surface area contributed by atoms with E-state index in [1.807, 2.05) is 13.8 Å². The third-order valence-electron chi connectivity index (χ3n) is 5.54. The molecule has 2 fully saturated rings. The maximum atomic E-state index is 13.0. The molecular weight excluding hydrogens is 458 g/mol. The fraction of sp³-hybridized carbons (Fsp3) is 0.636. The van der Waals surface area contributed by atoms with Gasteiger partial charge >= 0.3 is 0 Å². The molecule has 6 N–H and O–H groups in total. The van der Waals surface area contributed by atoms with E-state index in [1.165, 1.54) is 11.8 Å². The Balaban J connectivity index is 2.25. The van der Waals surface area contributed by atoms with E-state index in [0.29, 0.717) is 6.42 Å². The highest BCUT2D eigenvalue weighted by Gasteiger charge is 2.45. The van der Waals surface area contributed by atoms with Crippen LogP contribution in [0.3, 0.4) is 0 Å². The van der Waals surface area contributed by atoms with Gasteiger partial charge < -0.3 is 31.5 Å². The van der Waals surface area contributed by atoms with E-state index in [-0.39, 0.29) is 37.4 Å². The Morgan fingerprint density at radius 2 is 1.80 bits per heavy atom. The predicted octanol–water partition coefficient (Wildman–Crippen LogP) is -2.57. The van der Waals surface area contributed by atoms with E-state index in [0.717, 1.165) is 12.3 Å². The van der Waals surface area contributed by atoms with Crippen LogP contribution in [0.2, 0.25) is 0 Å². The first-order valence-corrected chi connectivity index (χ1v) is 11.5. The predicted molar refractivity (Wildman–Crippen MR) is 125 cm³/mol. The molecule has 0 spiro atoms. The molecule has 13 nitrogen and oxygen atoms in total. The lowest BCUT2D eigenvalue weighted by Gasteiger charge is -2.31. The van der Waals surface area contributed by atoms with Crippen molar-refractivity contribution in [3.8, 4) is 0 Å². The highest BCUT2D eigenvalue weighted by Crippen LogP contribution is 2.20. The standard InChI is InChI=1S/C22H35N7O6/c1-12(2)8-14-20(34)27-15(9-24-17(31)6-7-23-13(3)30)19(33)25-10-16-21(35)29(11-18(32)26-14)22(4,5)28-16/h6-7,12,14-16,28H,8-11H2,1-5H3,(H,23,30)(H,24,31)(H,25,33)(H,26,32)(H,27,34)/b7-6+. The lowest BCUT2D eigenvalue weighted by atomic mass is 10.0. The number of carbonyl (C=O) groups is 6. The number of hydrogen-bond donors (Lipinski definition) is 6. The molecule has 2 aliphatic rings. The minimum Gasteiger partial charge on any atom is -0.352 e. The summed E-state index contributed by atoms with van der Waals surface area (Å²) in [7, 11) is 0. The second-order valence-electron chi connectivity index (χ2n) is 9.52. The van der Waals surface area contributed by atoms with Gasteiger partial charge in [-0.2, -0.15) is 0 Å². The van der Waals surface area contributed by atoms with Gasteiger partial charge in [0.05, 0.1) is 5.66 Å². The number of amides is 6. The van der Waals surface area contributed by atoms with Gasteiger partial charge in [0, 0.05) is 32.3 Å². The fourth-order valence-corrected chi connectivity index (χ4v) is 3.83. The average Bonchev–Trinajstić information content (AvgIpc) is 2.96. The monoisotopic (exact) mass is 493 g/mol. The van der Waals surface area contributed by atoms with Gasteiger partial charge in [-0.25, -0.2) is 0 Å². The van der Waals surface area contributed by atoms with Gasteiger partial charge in [0.15, 0.2) is 0 Å². The average molecular weight is 494 g/mol. The molecule has 0 radical (unpaired) electrons. The van der Waals surface area contributed by atoms with Crippen LogP contribution in [0.5, 0.6) is 0 Å². The molecule has 2 rings (SSSR count). The first kappa shape index (κ1) is 27.8. The maximum absolute atomic E-state index is 13.0. The fourth-order valence-electron chi connectivity index (χ4n) is 3.83. The molecule has 2 heterocycles. The normalized spacial score (nSPS) is 25.2. The smallest absolute Gasteiger partial charge is 0.245 e.